The number of aromatic nitrogens is 2. The topological polar surface area (TPSA) is 17.8 Å². The van der Waals surface area contributed by atoms with E-state index in [1.807, 2.05) is 0 Å². The van der Waals surface area contributed by atoms with Crippen LogP contribution in [-0.4, -0.2) is 9.55 Å². The Hall–Kier alpha value is -1.72. The van der Waals surface area contributed by atoms with E-state index in [0.717, 1.165) is 12.1 Å². The minimum atomic E-state index is -1.52. The molecule has 7 heteroatoms. The lowest BCUT2D eigenvalue weighted by Crippen LogP contribution is -2.02. The molecule has 0 N–H and O–H groups in total. The third-order valence-corrected chi connectivity index (χ3v) is 3.51. The third kappa shape index (κ3) is 2.36. The van der Waals surface area contributed by atoms with E-state index in [-0.39, 0.29) is 11.6 Å². The Morgan fingerprint density at radius 2 is 1.71 bits per heavy atom. The van der Waals surface area contributed by atoms with Gasteiger partial charge in [0.2, 0.25) is 0 Å². The van der Waals surface area contributed by atoms with Gasteiger partial charge in [0.15, 0.2) is 17.5 Å². The molecule has 0 aliphatic heterocycles. The molecule has 21 heavy (non-hydrogen) atoms. The van der Waals surface area contributed by atoms with Crippen LogP contribution in [0.5, 0.6) is 0 Å². The van der Waals surface area contributed by atoms with E-state index in [0.29, 0.717) is 21.9 Å². The summed E-state index contributed by atoms with van der Waals surface area (Å²) in [6, 6.07) is 6.67. The average molecular weight is 331 g/mol. The monoisotopic (exact) mass is 330 g/mol. The molecule has 0 aliphatic carbocycles. The first-order valence-corrected chi connectivity index (χ1v) is 6.80. The molecule has 0 amide bonds. The molecule has 0 bridgehead atoms. The molecule has 0 aliphatic rings. The van der Waals surface area contributed by atoms with Crippen molar-refractivity contribution in [3.63, 3.8) is 0 Å². The summed E-state index contributed by atoms with van der Waals surface area (Å²) in [7, 11) is 0. The zero-order chi connectivity index (χ0) is 15.1. The second-order valence-corrected chi connectivity index (χ2v) is 5.06. The Morgan fingerprint density at radius 1 is 1.05 bits per heavy atom. The Morgan fingerprint density at radius 3 is 2.33 bits per heavy atom. The van der Waals surface area contributed by atoms with Crippen molar-refractivity contribution in [2.45, 2.75) is 5.88 Å². The molecular formula is C14H7Cl2F3N2. The number of benzene rings is 2. The maximum Gasteiger partial charge on any atom is 0.194 e. The van der Waals surface area contributed by atoms with Gasteiger partial charge < -0.3 is 0 Å². The van der Waals surface area contributed by atoms with E-state index in [4.69, 9.17) is 23.2 Å². The van der Waals surface area contributed by atoms with Crippen LogP contribution in [0.2, 0.25) is 5.02 Å². The molecule has 1 aromatic heterocycles. The molecular weight excluding hydrogens is 324 g/mol. The molecule has 2 nitrogen and oxygen atoms in total. The van der Waals surface area contributed by atoms with Crippen molar-refractivity contribution >= 4 is 34.2 Å². The van der Waals surface area contributed by atoms with Crippen LogP contribution < -0.4 is 0 Å². The van der Waals surface area contributed by atoms with Crippen LogP contribution >= 0.6 is 23.2 Å². The molecule has 2 aromatic carbocycles. The second-order valence-electron chi connectivity index (χ2n) is 4.35. The van der Waals surface area contributed by atoms with Crippen molar-refractivity contribution in [3.05, 3.63) is 58.6 Å². The van der Waals surface area contributed by atoms with E-state index >= 15 is 0 Å². The van der Waals surface area contributed by atoms with E-state index in [1.54, 1.807) is 18.2 Å². The molecule has 0 radical (unpaired) electrons. The highest BCUT2D eigenvalue weighted by molar-refractivity contribution is 6.31. The first-order chi connectivity index (χ1) is 10.0. The van der Waals surface area contributed by atoms with Crippen molar-refractivity contribution in [2.24, 2.45) is 0 Å². The average Bonchev–Trinajstić information content (AvgIpc) is 2.81. The van der Waals surface area contributed by atoms with Crippen LogP contribution in [0.1, 0.15) is 5.82 Å². The van der Waals surface area contributed by atoms with E-state index < -0.39 is 17.5 Å². The van der Waals surface area contributed by atoms with E-state index in [9.17, 15) is 13.2 Å². The van der Waals surface area contributed by atoms with Gasteiger partial charge in [-0.25, -0.2) is 18.2 Å². The summed E-state index contributed by atoms with van der Waals surface area (Å²) in [6.45, 7) is 0. The molecule has 0 atom stereocenters. The number of rotatable bonds is 2. The quantitative estimate of drug-likeness (QED) is 0.486. The smallest absolute Gasteiger partial charge is 0.194 e. The molecule has 0 saturated heterocycles. The van der Waals surface area contributed by atoms with Crippen LogP contribution in [0.3, 0.4) is 0 Å². The number of imidazole rings is 1. The van der Waals surface area contributed by atoms with Gasteiger partial charge in [0.05, 0.1) is 22.6 Å². The summed E-state index contributed by atoms with van der Waals surface area (Å²) in [5, 5.41) is 0.477. The zero-order valence-electron chi connectivity index (χ0n) is 10.4. The lowest BCUT2D eigenvalue weighted by Gasteiger charge is -2.09. The van der Waals surface area contributed by atoms with Gasteiger partial charge >= 0.3 is 0 Å². The van der Waals surface area contributed by atoms with Crippen molar-refractivity contribution in [2.75, 3.05) is 0 Å². The van der Waals surface area contributed by atoms with Gasteiger partial charge in [-0.3, -0.25) is 4.57 Å². The Kier molecular flexibility index (Phi) is 3.55. The van der Waals surface area contributed by atoms with Crippen molar-refractivity contribution in [1.29, 1.82) is 0 Å². The van der Waals surface area contributed by atoms with Gasteiger partial charge in [0.25, 0.3) is 0 Å². The molecule has 0 unspecified atom stereocenters. The molecule has 3 rings (SSSR count). The van der Waals surface area contributed by atoms with E-state index in [2.05, 4.69) is 4.98 Å². The Bertz CT molecular complexity index is 823. The first-order valence-electron chi connectivity index (χ1n) is 5.89. The Balaban J connectivity index is 2.33. The van der Waals surface area contributed by atoms with Crippen molar-refractivity contribution in [1.82, 2.24) is 9.55 Å². The molecule has 0 spiro atoms. The van der Waals surface area contributed by atoms with Crippen LogP contribution in [0.25, 0.3) is 16.7 Å². The fraction of sp³-hybridized carbons (Fsp3) is 0.0714. The molecule has 108 valence electrons. The summed E-state index contributed by atoms with van der Waals surface area (Å²) in [6.07, 6.45) is 0. The third-order valence-electron chi connectivity index (χ3n) is 3.03. The summed E-state index contributed by atoms with van der Waals surface area (Å²) >= 11 is 11.7. The Labute approximate surface area is 127 Å². The van der Waals surface area contributed by atoms with Gasteiger partial charge in [-0.15, -0.1) is 11.6 Å². The normalized spacial score (nSPS) is 11.3. The van der Waals surface area contributed by atoms with Crippen LogP contribution in [-0.2, 0) is 5.88 Å². The van der Waals surface area contributed by atoms with Gasteiger partial charge in [0.1, 0.15) is 5.82 Å². The predicted molar refractivity (Wildman–Crippen MR) is 75.5 cm³/mol. The SMILES string of the molecule is Fc1cc(-n2c(CCl)nc3cc(Cl)ccc32)cc(F)c1F. The predicted octanol–water partition coefficient (Wildman–Crippen LogP) is 4.84. The fourth-order valence-corrected chi connectivity index (χ4v) is 2.50. The van der Waals surface area contributed by atoms with Crippen molar-refractivity contribution < 1.29 is 13.2 Å². The minimum absolute atomic E-state index is 0.0207. The van der Waals surface area contributed by atoms with Crippen molar-refractivity contribution in [3.8, 4) is 5.69 Å². The van der Waals surface area contributed by atoms with Gasteiger partial charge in [-0.05, 0) is 18.2 Å². The minimum Gasteiger partial charge on any atom is -0.295 e. The molecule has 1 heterocycles. The number of nitrogens with zero attached hydrogens (tertiary/aromatic N) is 2. The van der Waals surface area contributed by atoms with Gasteiger partial charge in [-0.2, -0.15) is 0 Å². The number of fused-ring (bicyclic) bond motifs is 1. The lowest BCUT2D eigenvalue weighted by atomic mass is 10.2. The maximum atomic E-state index is 13.4. The summed E-state index contributed by atoms with van der Waals surface area (Å²) < 4.78 is 41.4. The summed E-state index contributed by atoms with van der Waals surface area (Å²) in [5.41, 5.74) is 1.20. The molecule has 3 aromatic rings. The highest BCUT2D eigenvalue weighted by Crippen LogP contribution is 2.26. The summed E-state index contributed by atoms with van der Waals surface area (Å²) in [4.78, 5) is 4.26. The molecule has 0 saturated carbocycles. The fourth-order valence-electron chi connectivity index (χ4n) is 2.15. The zero-order valence-corrected chi connectivity index (χ0v) is 11.9. The van der Waals surface area contributed by atoms with Crippen LogP contribution in [0, 0.1) is 17.5 Å². The van der Waals surface area contributed by atoms with Crippen LogP contribution in [0.15, 0.2) is 30.3 Å². The number of alkyl halides is 1. The highest BCUT2D eigenvalue weighted by atomic mass is 35.5. The summed E-state index contributed by atoms with van der Waals surface area (Å²) in [5.74, 6) is -3.67. The maximum absolute atomic E-state index is 13.4. The van der Waals surface area contributed by atoms with Gasteiger partial charge in [0, 0.05) is 17.2 Å². The number of halogens is 5. The second kappa shape index (κ2) is 5.24. The number of hydrogen-bond acceptors (Lipinski definition) is 1. The standard InChI is InChI=1S/C14H7Cl2F3N2/c15-6-13-20-11-3-7(16)1-2-12(11)21(13)8-4-9(17)14(19)10(18)5-8/h1-5H,6H2. The molecule has 0 fully saturated rings. The largest absolute Gasteiger partial charge is 0.295 e. The number of hydrogen-bond donors (Lipinski definition) is 0. The highest BCUT2D eigenvalue weighted by Gasteiger charge is 2.16. The first kappa shape index (κ1) is 14.2. The lowest BCUT2D eigenvalue weighted by molar-refractivity contribution is 0.446. The van der Waals surface area contributed by atoms with E-state index in [1.165, 1.54) is 4.57 Å². The van der Waals surface area contributed by atoms with Gasteiger partial charge in [-0.1, -0.05) is 11.6 Å². The van der Waals surface area contributed by atoms with Crippen LogP contribution in [0.4, 0.5) is 13.2 Å².